The summed E-state index contributed by atoms with van der Waals surface area (Å²) in [6.07, 6.45) is 0. The zero-order valence-electron chi connectivity index (χ0n) is 38.7. The molecule has 1 heteroatoms. The van der Waals surface area contributed by atoms with E-state index in [1.165, 1.54) is 0 Å². The van der Waals surface area contributed by atoms with Crippen LogP contribution in [0.5, 0.6) is 0 Å². The van der Waals surface area contributed by atoms with Crippen LogP contribution < -0.4 is 0 Å². The molecular formula is C48H30O. The highest BCUT2D eigenvalue weighted by Crippen LogP contribution is 2.48. The van der Waals surface area contributed by atoms with Crippen LogP contribution >= 0.6 is 0 Å². The topological polar surface area (TPSA) is 13.1 Å². The molecule has 0 saturated heterocycles. The van der Waals surface area contributed by atoms with Gasteiger partial charge in [0.15, 0.2) is 0 Å². The average molecular weight is 636 g/mol. The standard InChI is InChI=1S/C48H30O/c1-2-13-31(14-3-1)37-30-29-32-15-4-5-16-36(32)47(37)48-40-19-8-6-17-38(40)45(39-18-7-9-20-41(39)48)34-27-25-33(26-28-34)35-22-12-24-44-46(35)42-21-10-11-23-43(42)49-44/h1-30H/i1D,2D,3D,6D,7D,8D,9D,13D,14D,17D,18D,19D,20D. The Morgan fingerprint density at radius 3 is 1.67 bits per heavy atom. The maximum atomic E-state index is 9.56. The number of hydrogen-bond donors (Lipinski definition) is 0. The highest BCUT2D eigenvalue weighted by atomic mass is 16.3. The molecule has 1 nitrogen and oxygen atoms in total. The first-order valence-corrected chi connectivity index (χ1v) is 15.8. The molecule has 0 N–H and O–H groups in total. The number of fused-ring (bicyclic) bond motifs is 6. The van der Waals surface area contributed by atoms with Gasteiger partial charge in [0, 0.05) is 10.8 Å². The summed E-state index contributed by atoms with van der Waals surface area (Å²) in [4.78, 5) is 0. The van der Waals surface area contributed by atoms with E-state index in [1.54, 1.807) is 48.5 Å². The molecule has 10 aromatic rings. The molecule has 0 aliphatic rings. The van der Waals surface area contributed by atoms with E-state index in [9.17, 15) is 5.48 Å². The Balaban J connectivity index is 1.40. The number of hydrogen-bond acceptors (Lipinski definition) is 1. The van der Waals surface area contributed by atoms with E-state index in [4.69, 9.17) is 16.8 Å². The zero-order chi connectivity index (χ0) is 43.6. The Hall–Kier alpha value is -6.44. The molecule has 9 aromatic carbocycles. The van der Waals surface area contributed by atoms with Gasteiger partial charge in [-0.2, -0.15) is 0 Å². The summed E-state index contributed by atoms with van der Waals surface area (Å²) in [7, 11) is 0. The second-order valence-corrected chi connectivity index (χ2v) is 11.8. The normalized spacial score (nSPS) is 15.4. The molecule has 0 aliphatic heterocycles. The largest absolute Gasteiger partial charge is 0.456 e. The molecule has 0 unspecified atom stereocenters. The Morgan fingerprint density at radius 1 is 0.347 bits per heavy atom. The molecule has 0 bridgehead atoms. The fourth-order valence-electron chi connectivity index (χ4n) is 7.13. The third-order valence-electron chi connectivity index (χ3n) is 9.21. The Bertz CT molecular complexity index is 3500. The van der Waals surface area contributed by atoms with Gasteiger partial charge in [-0.05, 0) is 89.0 Å². The summed E-state index contributed by atoms with van der Waals surface area (Å²) >= 11 is 0. The van der Waals surface area contributed by atoms with Gasteiger partial charge in [0.2, 0.25) is 0 Å². The smallest absolute Gasteiger partial charge is 0.136 e. The Kier molecular flexibility index (Phi) is 3.99. The van der Waals surface area contributed by atoms with Crippen molar-refractivity contribution in [2.45, 2.75) is 0 Å². The number of benzene rings is 9. The van der Waals surface area contributed by atoms with E-state index < -0.39 is 78.6 Å². The molecule has 228 valence electrons. The summed E-state index contributed by atoms with van der Waals surface area (Å²) in [6, 6.07) is 24.1. The summed E-state index contributed by atoms with van der Waals surface area (Å²) < 4.78 is 124. The lowest BCUT2D eigenvalue weighted by atomic mass is 9.82. The molecule has 0 amide bonds. The van der Waals surface area contributed by atoms with Crippen LogP contribution in [0, 0.1) is 0 Å². The molecule has 0 aliphatic carbocycles. The first-order chi connectivity index (χ1) is 29.7. The minimum absolute atomic E-state index is 0.00601. The molecule has 0 saturated carbocycles. The van der Waals surface area contributed by atoms with E-state index in [0.29, 0.717) is 21.9 Å². The van der Waals surface area contributed by atoms with Gasteiger partial charge in [-0.15, -0.1) is 0 Å². The van der Waals surface area contributed by atoms with Crippen LogP contribution in [0.4, 0.5) is 0 Å². The SMILES string of the molecule is [2H]c1c([2H])c([2H])c(-c2ccc3ccccc3c2-c2c3c([2H])c([2H])c([2H])c([2H])c3c(-c3ccc(-c4cccc5oc6ccccc6c45)cc3)c3c([2H])c([2H])c([2H])c([2H])c23)c([2H])c1[2H]. The summed E-state index contributed by atoms with van der Waals surface area (Å²) in [5, 5.41) is 2.76. The average Bonchev–Trinajstić information content (AvgIpc) is 3.68. The van der Waals surface area contributed by atoms with Crippen LogP contribution in [0.1, 0.15) is 17.8 Å². The van der Waals surface area contributed by atoms with Crippen molar-refractivity contribution < 1.29 is 22.2 Å². The lowest BCUT2D eigenvalue weighted by molar-refractivity contribution is 0.669. The summed E-state index contributed by atoms with van der Waals surface area (Å²) in [5.74, 6) is 0. The number of para-hydroxylation sites is 1. The van der Waals surface area contributed by atoms with Crippen molar-refractivity contribution in [3.05, 3.63) is 182 Å². The van der Waals surface area contributed by atoms with Crippen molar-refractivity contribution >= 4 is 54.3 Å². The second kappa shape index (κ2) is 11.1. The molecule has 0 fully saturated rings. The molecular weight excluding hydrogens is 593 g/mol. The van der Waals surface area contributed by atoms with E-state index in [-0.39, 0.29) is 49.4 Å². The summed E-state index contributed by atoms with van der Waals surface area (Å²) in [5.41, 5.74) is 3.79. The van der Waals surface area contributed by atoms with Crippen molar-refractivity contribution in [1.82, 2.24) is 0 Å². The third kappa shape index (κ3) is 4.33. The minimum atomic E-state index is -0.601. The third-order valence-corrected chi connectivity index (χ3v) is 9.21. The second-order valence-electron chi connectivity index (χ2n) is 11.8. The highest BCUT2D eigenvalue weighted by molar-refractivity contribution is 6.25. The molecule has 49 heavy (non-hydrogen) atoms. The first-order valence-electron chi connectivity index (χ1n) is 22.3. The Labute approximate surface area is 302 Å². The molecule has 1 heterocycles. The van der Waals surface area contributed by atoms with Crippen LogP contribution in [0.3, 0.4) is 0 Å². The van der Waals surface area contributed by atoms with Crippen LogP contribution in [-0.4, -0.2) is 0 Å². The highest BCUT2D eigenvalue weighted by Gasteiger charge is 2.21. The van der Waals surface area contributed by atoms with Crippen molar-refractivity contribution in [3.8, 4) is 44.5 Å². The minimum Gasteiger partial charge on any atom is -0.456 e. The molecule has 0 radical (unpaired) electrons. The van der Waals surface area contributed by atoms with Crippen molar-refractivity contribution in [3.63, 3.8) is 0 Å². The quantitative estimate of drug-likeness (QED) is 0.175. The number of furan rings is 1. The van der Waals surface area contributed by atoms with E-state index >= 15 is 0 Å². The molecule has 1 aromatic heterocycles. The fraction of sp³-hybridized carbons (Fsp3) is 0. The molecule has 10 rings (SSSR count). The van der Waals surface area contributed by atoms with Gasteiger partial charge in [0.25, 0.3) is 0 Å². The maximum Gasteiger partial charge on any atom is 0.136 e. The van der Waals surface area contributed by atoms with Gasteiger partial charge in [0.05, 0.1) is 17.8 Å². The number of rotatable bonds is 4. The van der Waals surface area contributed by atoms with E-state index in [1.807, 2.05) is 54.6 Å². The van der Waals surface area contributed by atoms with E-state index in [2.05, 4.69) is 0 Å². The lowest BCUT2D eigenvalue weighted by Gasteiger charge is -2.21. The van der Waals surface area contributed by atoms with Gasteiger partial charge < -0.3 is 4.42 Å². The van der Waals surface area contributed by atoms with Crippen molar-refractivity contribution in [2.75, 3.05) is 0 Å². The van der Waals surface area contributed by atoms with Gasteiger partial charge in [0.1, 0.15) is 11.2 Å². The predicted octanol–water partition coefficient (Wildman–Crippen LogP) is 13.7. The van der Waals surface area contributed by atoms with Gasteiger partial charge >= 0.3 is 0 Å². The zero-order valence-corrected chi connectivity index (χ0v) is 25.7. The maximum absolute atomic E-state index is 9.56. The monoisotopic (exact) mass is 635 g/mol. The first kappa shape index (κ1) is 17.6. The van der Waals surface area contributed by atoms with Gasteiger partial charge in [-0.25, -0.2) is 0 Å². The van der Waals surface area contributed by atoms with Gasteiger partial charge in [-0.3, -0.25) is 0 Å². The van der Waals surface area contributed by atoms with Gasteiger partial charge in [-0.1, -0.05) is 170 Å². The van der Waals surface area contributed by atoms with Crippen LogP contribution in [-0.2, 0) is 0 Å². The van der Waals surface area contributed by atoms with E-state index in [0.717, 1.165) is 27.5 Å². The fourth-order valence-corrected chi connectivity index (χ4v) is 7.13. The van der Waals surface area contributed by atoms with Crippen LogP contribution in [0.25, 0.3) is 98.8 Å². The van der Waals surface area contributed by atoms with Crippen molar-refractivity contribution in [1.29, 1.82) is 0 Å². The van der Waals surface area contributed by atoms with Crippen LogP contribution in [0.2, 0.25) is 0 Å². The Morgan fingerprint density at radius 2 is 0.939 bits per heavy atom. The summed E-state index contributed by atoms with van der Waals surface area (Å²) in [6.45, 7) is 0. The van der Waals surface area contributed by atoms with Crippen molar-refractivity contribution in [2.24, 2.45) is 0 Å². The molecule has 0 spiro atoms. The van der Waals surface area contributed by atoms with Crippen LogP contribution in [0.15, 0.2) is 186 Å². The predicted molar refractivity (Wildman–Crippen MR) is 208 cm³/mol. The lowest BCUT2D eigenvalue weighted by Crippen LogP contribution is -1.94. The molecule has 0 atom stereocenters.